The van der Waals surface area contributed by atoms with Crippen LogP contribution in [0, 0.1) is 17.3 Å². The average molecular weight is 361 g/mol. The van der Waals surface area contributed by atoms with Crippen LogP contribution in [0.3, 0.4) is 0 Å². The Hall–Kier alpha value is -1.89. The van der Waals surface area contributed by atoms with Crippen LogP contribution in [0.5, 0.6) is 0 Å². The van der Waals surface area contributed by atoms with E-state index in [2.05, 4.69) is 18.0 Å². The van der Waals surface area contributed by atoms with Crippen LogP contribution in [0.25, 0.3) is 0 Å². The third kappa shape index (κ3) is 2.92. The summed E-state index contributed by atoms with van der Waals surface area (Å²) in [6.07, 6.45) is 5.77. The minimum atomic E-state index is -0.748. The number of methoxy groups -OCH3 is 1. The molecule has 26 heavy (non-hydrogen) atoms. The third-order valence-corrected chi connectivity index (χ3v) is 6.41. The molecule has 7 nitrogen and oxygen atoms in total. The van der Waals surface area contributed by atoms with E-state index in [0.717, 1.165) is 19.6 Å². The molecular weight excluding hydrogens is 334 g/mol. The Morgan fingerprint density at radius 2 is 2.12 bits per heavy atom. The molecule has 0 bridgehead atoms. The van der Waals surface area contributed by atoms with Crippen molar-refractivity contribution in [3.8, 4) is 0 Å². The average Bonchev–Trinajstić information content (AvgIpc) is 3.23. The smallest absolute Gasteiger partial charge is 0.308 e. The number of aromatic nitrogens is 2. The number of carboxylic acid groups (broad SMARTS) is 1. The standard InChI is InChI=1S/C19H27N3O4/c1-3-22-9-14(16(20-22)12-4-5-12)8-21-10-15(17(23)24)19(11-21)6-13(7-19)18(25)26-2/h9,12-13,15H,3-8,10-11H2,1-2H3,(H,23,24). The molecule has 2 aliphatic carbocycles. The van der Waals surface area contributed by atoms with Crippen LogP contribution < -0.4 is 0 Å². The third-order valence-electron chi connectivity index (χ3n) is 6.41. The summed E-state index contributed by atoms with van der Waals surface area (Å²) in [6.45, 7) is 4.96. The van der Waals surface area contributed by atoms with E-state index in [1.807, 2.05) is 4.68 Å². The molecule has 1 unspecified atom stereocenters. The van der Waals surface area contributed by atoms with Crippen molar-refractivity contribution in [3.63, 3.8) is 0 Å². The Bertz CT molecular complexity index is 718. The van der Waals surface area contributed by atoms with E-state index in [1.165, 1.54) is 31.2 Å². The normalized spacial score (nSPS) is 31.2. The van der Waals surface area contributed by atoms with Crippen LogP contribution in [-0.4, -0.2) is 51.9 Å². The van der Waals surface area contributed by atoms with Crippen LogP contribution in [0.15, 0.2) is 6.20 Å². The fourth-order valence-corrected chi connectivity index (χ4v) is 4.90. The Kier molecular flexibility index (Phi) is 4.29. The summed E-state index contributed by atoms with van der Waals surface area (Å²) in [5, 5.41) is 14.4. The Labute approximate surface area is 153 Å². The van der Waals surface area contributed by atoms with Gasteiger partial charge in [-0.1, -0.05) is 0 Å². The van der Waals surface area contributed by atoms with E-state index in [0.29, 0.717) is 25.3 Å². The van der Waals surface area contributed by atoms with E-state index < -0.39 is 11.9 Å². The van der Waals surface area contributed by atoms with Crippen molar-refractivity contribution in [2.75, 3.05) is 20.2 Å². The van der Waals surface area contributed by atoms with Crippen molar-refractivity contribution in [1.82, 2.24) is 14.7 Å². The molecule has 0 aromatic carbocycles. The molecule has 1 saturated heterocycles. The van der Waals surface area contributed by atoms with Gasteiger partial charge in [0.2, 0.25) is 0 Å². The molecule has 1 aromatic rings. The molecule has 1 aromatic heterocycles. The first-order valence-electron chi connectivity index (χ1n) is 9.55. The summed E-state index contributed by atoms with van der Waals surface area (Å²) in [4.78, 5) is 25.8. The second kappa shape index (κ2) is 6.37. The fraction of sp³-hybridized carbons (Fsp3) is 0.737. The highest BCUT2D eigenvalue weighted by Crippen LogP contribution is 2.55. The number of carbonyl (C=O) groups is 2. The van der Waals surface area contributed by atoms with Crippen LogP contribution in [0.4, 0.5) is 0 Å². The van der Waals surface area contributed by atoms with Gasteiger partial charge in [-0.25, -0.2) is 0 Å². The van der Waals surface area contributed by atoms with E-state index in [9.17, 15) is 14.7 Å². The monoisotopic (exact) mass is 361 g/mol. The van der Waals surface area contributed by atoms with E-state index >= 15 is 0 Å². The summed E-state index contributed by atoms with van der Waals surface area (Å²) in [5.74, 6) is -0.932. The number of hydrogen-bond donors (Lipinski definition) is 1. The number of likely N-dealkylation sites (tertiary alicyclic amines) is 1. The molecule has 3 fully saturated rings. The lowest BCUT2D eigenvalue weighted by molar-refractivity contribution is -0.161. The predicted molar refractivity (Wildman–Crippen MR) is 93.5 cm³/mol. The van der Waals surface area contributed by atoms with Crippen LogP contribution >= 0.6 is 0 Å². The van der Waals surface area contributed by atoms with Gasteiger partial charge in [-0.3, -0.25) is 19.2 Å². The number of aliphatic carboxylic acids is 1. The van der Waals surface area contributed by atoms with Crippen molar-refractivity contribution in [3.05, 3.63) is 17.5 Å². The maximum Gasteiger partial charge on any atom is 0.308 e. The zero-order chi connectivity index (χ0) is 18.5. The predicted octanol–water partition coefficient (Wildman–Crippen LogP) is 1.87. The number of aryl methyl sites for hydroxylation is 1. The summed E-state index contributed by atoms with van der Waals surface area (Å²) in [7, 11) is 1.40. The number of carbonyl (C=O) groups excluding carboxylic acids is 1. The van der Waals surface area contributed by atoms with Gasteiger partial charge in [-0.15, -0.1) is 0 Å². The molecule has 0 radical (unpaired) electrons. The molecule has 1 atom stereocenters. The first kappa shape index (κ1) is 17.5. The number of ether oxygens (including phenoxy) is 1. The van der Waals surface area contributed by atoms with Crippen molar-refractivity contribution < 1.29 is 19.4 Å². The lowest BCUT2D eigenvalue weighted by Gasteiger charge is -2.46. The Morgan fingerprint density at radius 1 is 1.38 bits per heavy atom. The second-order valence-corrected chi connectivity index (χ2v) is 8.22. The van der Waals surface area contributed by atoms with Gasteiger partial charge in [0.05, 0.1) is 24.6 Å². The fourth-order valence-electron chi connectivity index (χ4n) is 4.90. The minimum absolute atomic E-state index is 0.147. The van der Waals surface area contributed by atoms with Crippen LogP contribution in [0.2, 0.25) is 0 Å². The highest BCUT2D eigenvalue weighted by molar-refractivity contribution is 5.76. The topological polar surface area (TPSA) is 84.7 Å². The number of rotatable bonds is 6. The Balaban J connectivity index is 1.48. The molecule has 142 valence electrons. The zero-order valence-electron chi connectivity index (χ0n) is 15.5. The minimum Gasteiger partial charge on any atom is -0.481 e. The summed E-state index contributed by atoms with van der Waals surface area (Å²) < 4.78 is 6.81. The lowest BCUT2D eigenvalue weighted by atomic mass is 9.57. The molecule has 1 N–H and O–H groups in total. The van der Waals surface area contributed by atoms with Crippen molar-refractivity contribution in [2.45, 2.75) is 51.6 Å². The van der Waals surface area contributed by atoms with Gasteiger partial charge < -0.3 is 9.84 Å². The molecule has 2 saturated carbocycles. The molecule has 1 spiro atoms. The molecule has 2 heterocycles. The summed E-state index contributed by atoms with van der Waals surface area (Å²) in [6, 6.07) is 0. The van der Waals surface area contributed by atoms with E-state index in [4.69, 9.17) is 9.84 Å². The number of carboxylic acids is 1. The Morgan fingerprint density at radius 3 is 2.69 bits per heavy atom. The highest BCUT2D eigenvalue weighted by Gasteiger charge is 2.59. The molecule has 4 rings (SSSR count). The molecule has 7 heteroatoms. The van der Waals surface area contributed by atoms with Gasteiger partial charge in [-0.2, -0.15) is 5.10 Å². The lowest BCUT2D eigenvalue weighted by Crippen LogP contribution is -2.48. The maximum atomic E-state index is 11.8. The largest absolute Gasteiger partial charge is 0.481 e. The molecule has 1 aliphatic heterocycles. The molecule has 3 aliphatic rings. The summed E-state index contributed by atoms with van der Waals surface area (Å²) in [5.41, 5.74) is 2.14. The molecular formula is C19H27N3O4. The maximum absolute atomic E-state index is 11.8. The SMILES string of the molecule is CCn1cc(CN2CC(C(=O)O)C3(CC(C(=O)OC)C3)C2)c(C2CC2)n1. The van der Waals surface area contributed by atoms with Gasteiger partial charge >= 0.3 is 11.9 Å². The highest BCUT2D eigenvalue weighted by atomic mass is 16.5. The number of nitrogens with zero attached hydrogens (tertiary/aromatic N) is 3. The van der Waals surface area contributed by atoms with Crippen LogP contribution in [-0.2, 0) is 27.4 Å². The van der Waals surface area contributed by atoms with Gasteiger partial charge in [0.1, 0.15) is 0 Å². The van der Waals surface area contributed by atoms with Gasteiger partial charge in [0, 0.05) is 43.9 Å². The van der Waals surface area contributed by atoms with Crippen molar-refractivity contribution >= 4 is 11.9 Å². The first-order chi connectivity index (χ1) is 12.5. The number of esters is 1. The van der Waals surface area contributed by atoms with Gasteiger partial charge in [0.15, 0.2) is 0 Å². The quantitative estimate of drug-likeness (QED) is 0.779. The number of hydrogen-bond acceptors (Lipinski definition) is 5. The second-order valence-electron chi connectivity index (χ2n) is 8.22. The first-order valence-corrected chi connectivity index (χ1v) is 9.55. The zero-order valence-corrected chi connectivity index (χ0v) is 15.5. The van der Waals surface area contributed by atoms with E-state index in [1.54, 1.807) is 0 Å². The van der Waals surface area contributed by atoms with Crippen molar-refractivity contribution in [1.29, 1.82) is 0 Å². The van der Waals surface area contributed by atoms with Gasteiger partial charge in [0.25, 0.3) is 0 Å². The molecule has 0 amide bonds. The van der Waals surface area contributed by atoms with Crippen molar-refractivity contribution in [2.24, 2.45) is 17.3 Å². The van der Waals surface area contributed by atoms with Crippen LogP contribution in [0.1, 0.15) is 49.8 Å². The summed E-state index contributed by atoms with van der Waals surface area (Å²) >= 11 is 0. The van der Waals surface area contributed by atoms with Gasteiger partial charge in [-0.05, 0) is 38.0 Å². The van der Waals surface area contributed by atoms with E-state index in [-0.39, 0.29) is 17.3 Å².